The maximum absolute atomic E-state index is 12.3. The smallest absolute Gasteiger partial charge is 0.280 e. The molecule has 128 valence electrons. The average Bonchev–Trinajstić information content (AvgIpc) is 2.49. The highest BCUT2D eigenvalue weighted by molar-refractivity contribution is 7.87. The summed E-state index contributed by atoms with van der Waals surface area (Å²) in [5.41, 5.74) is 0.767. The van der Waals surface area contributed by atoms with E-state index in [-0.39, 0.29) is 11.9 Å². The van der Waals surface area contributed by atoms with Gasteiger partial charge in [-0.05, 0) is 38.0 Å². The molecular formula is C15H23N3O4S. The molecule has 1 aliphatic rings. The zero-order valence-corrected chi connectivity index (χ0v) is 14.6. The molecule has 1 aromatic rings. The van der Waals surface area contributed by atoms with Crippen molar-refractivity contribution in [2.45, 2.75) is 38.4 Å². The lowest BCUT2D eigenvalue weighted by atomic mass is 9.99. The second kappa shape index (κ2) is 6.86. The summed E-state index contributed by atoms with van der Waals surface area (Å²) in [6.45, 7) is 3.68. The number of nitrogens with zero attached hydrogens (tertiary/aromatic N) is 1. The topological polar surface area (TPSA) is 87.7 Å². The monoisotopic (exact) mass is 341 g/mol. The number of carbonyl (C=O) groups excluding carboxylic acids is 1. The molecule has 1 heterocycles. The SMILES string of the molecule is COc1cccc(C2CC(C(=O)NC(C)C)N(C)S(=O)(=O)N2)c1. The minimum Gasteiger partial charge on any atom is -0.497 e. The molecule has 2 unspecified atom stereocenters. The maximum atomic E-state index is 12.3. The molecule has 8 heteroatoms. The Morgan fingerprint density at radius 1 is 1.43 bits per heavy atom. The molecule has 2 N–H and O–H groups in total. The first-order chi connectivity index (χ1) is 10.7. The summed E-state index contributed by atoms with van der Waals surface area (Å²) in [6.07, 6.45) is 0.349. The van der Waals surface area contributed by atoms with Gasteiger partial charge in [-0.15, -0.1) is 0 Å². The normalized spacial score (nSPS) is 24.4. The molecule has 1 saturated heterocycles. The first kappa shape index (κ1) is 17.7. The number of amides is 1. The summed E-state index contributed by atoms with van der Waals surface area (Å²) >= 11 is 0. The van der Waals surface area contributed by atoms with E-state index in [2.05, 4.69) is 10.0 Å². The number of likely N-dealkylation sites (N-methyl/N-ethyl adjacent to an activating group) is 1. The number of methoxy groups -OCH3 is 1. The third kappa shape index (κ3) is 4.01. The Bertz CT molecular complexity index is 675. The maximum Gasteiger partial charge on any atom is 0.280 e. The number of hydrogen-bond acceptors (Lipinski definition) is 4. The van der Waals surface area contributed by atoms with Gasteiger partial charge in [-0.1, -0.05) is 12.1 Å². The Balaban J connectivity index is 2.30. The van der Waals surface area contributed by atoms with Crippen LogP contribution in [0.25, 0.3) is 0 Å². The van der Waals surface area contributed by atoms with Crippen molar-refractivity contribution in [3.63, 3.8) is 0 Å². The van der Waals surface area contributed by atoms with Crippen molar-refractivity contribution in [3.8, 4) is 5.75 Å². The number of carbonyl (C=O) groups is 1. The zero-order chi connectivity index (χ0) is 17.2. The fraction of sp³-hybridized carbons (Fsp3) is 0.533. The van der Waals surface area contributed by atoms with Crippen LogP contribution in [-0.2, 0) is 15.0 Å². The molecule has 2 rings (SSSR count). The molecule has 0 aromatic heterocycles. The van der Waals surface area contributed by atoms with Crippen LogP contribution in [-0.4, -0.2) is 44.9 Å². The molecule has 0 radical (unpaired) electrons. The summed E-state index contributed by atoms with van der Waals surface area (Å²) in [5.74, 6) is 0.351. The molecule has 23 heavy (non-hydrogen) atoms. The average molecular weight is 341 g/mol. The summed E-state index contributed by atoms with van der Waals surface area (Å²) in [4.78, 5) is 12.3. The minimum atomic E-state index is -3.73. The standard InChI is InChI=1S/C15H23N3O4S/c1-10(2)16-15(19)14-9-13(17-23(20,21)18(14)3)11-6-5-7-12(8-11)22-4/h5-8,10,13-14,17H,9H2,1-4H3,(H,16,19). The molecule has 1 amide bonds. The molecule has 0 bridgehead atoms. The molecule has 1 aromatic carbocycles. The second-order valence-corrected chi connectivity index (χ2v) is 7.64. The van der Waals surface area contributed by atoms with Crippen LogP contribution >= 0.6 is 0 Å². The van der Waals surface area contributed by atoms with Gasteiger partial charge in [-0.3, -0.25) is 4.79 Å². The Morgan fingerprint density at radius 2 is 2.13 bits per heavy atom. The number of nitrogens with one attached hydrogen (secondary N) is 2. The Kier molecular flexibility index (Phi) is 5.28. The van der Waals surface area contributed by atoms with E-state index in [4.69, 9.17) is 4.74 Å². The molecule has 1 fully saturated rings. The van der Waals surface area contributed by atoms with Crippen molar-refractivity contribution < 1.29 is 17.9 Å². The summed E-state index contributed by atoms with van der Waals surface area (Å²) in [5, 5.41) is 2.78. The fourth-order valence-electron chi connectivity index (χ4n) is 2.57. The second-order valence-electron chi connectivity index (χ2n) is 5.88. The lowest BCUT2D eigenvalue weighted by Crippen LogP contribution is -2.57. The van der Waals surface area contributed by atoms with Gasteiger partial charge in [0.15, 0.2) is 0 Å². The van der Waals surface area contributed by atoms with E-state index in [1.54, 1.807) is 25.3 Å². The lowest BCUT2D eigenvalue weighted by Gasteiger charge is -2.36. The third-order valence-corrected chi connectivity index (χ3v) is 5.39. The number of hydrogen-bond donors (Lipinski definition) is 2. The molecular weight excluding hydrogens is 318 g/mol. The summed E-state index contributed by atoms with van der Waals surface area (Å²) < 4.78 is 33.5. The Labute approximate surface area is 137 Å². The first-order valence-corrected chi connectivity index (χ1v) is 8.88. The van der Waals surface area contributed by atoms with E-state index in [9.17, 15) is 13.2 Å². The summed E-state index contributed by atoms with van der Waals surface area (Å²) in [7, 11) is -0.763. The number of benzene rings is 1. The highest BCUT2D eigenvalue weighted by Crippen LogP contribution is 2.29. The van der Waals surface area contributed by atoms with E-state index in [0.29, 0.717) is 12.2 Å². The molecule has 0 saturated carbocycles. The molecule has 1 aliphatic heterocycles. The van der Waals surface area contributed by atoms with Gasteiger partial charge in [0.2, 0.25) is 5.91 Å². The quantitative estimate of drug-likeness (QED) is 0.848. The van der Waals surface area contributed by atoms with Gasteiger partial charge in [0.25, 0.3) is 10.2 Å². The van der Waals surface area contributed by atoms with Crippen LogP contribution in [0.15, 0.2) is 24.3 Å². The van der Waals surface area contributed by atoms with Gasteiger partial charge >= 0.3 is 0 Å². The van der Waals surface area contributed by atoms with Crippen molar-refractivity contribution in [1.29, 1.82) is 0 Å². The van der Waals surface area contributed by atoms with Gasteiger partial charge in [0, 0.05) is 13.1 Å². The van der Waals surface area contributed by atoms with Crippen LogP contribution in [0.5, 0.6) is 5.75 Å². The minimum absolute atomic E-state index is 0.0521. The number of ether oxygens (including phenoxy) is 1. The van der Waals surface area contributed by atoms with Gasteiger partial charge < -0.3 is 10.1 Å². The lowest BCUT2D eigenvalue weighted by molar-refractivity contribution is -0.125. The van der Waals surface area contributed by atoms with Gasteiger partial charge in [-0.2, -0.15) is 17.4 Å². The summed E-state index contributed by atoms with van der Waals surface area (Å²) in [6, 6.07) is 5.90. The largest absolute Gasteiger partial charge is 0.497 e. The van der Waals surface area contributed by atoms with E-state index >= 15 is 0 Å². The van der Waals surface area contributed by atoms with Crippen LogP contribution in [0, 0.1) is 0 Å². The van der Waals surface area contributed by atoms with Gasteiger partial charge in [0.05, 0.1) is 13.2 Å². The van der Waals surface area contributed by atoms with Gasteiger partial charge in [0.1, 0.15) is 11.8 Å². The predicted octanol–water partition coefficient (Wildman–Crippen LogP) is 0.799. The molecule has 7 nitrogen and oxygen atoms in total. The van der Waals surface area contributed by atoms with E-state index in [1.165, 1.54) is 7.05 Å². The van der Waals surface area contributed by atoms with Crippen LogP contribution in [0.4, 0.5) is 0 Å². The van der Waals surface area contributed by atoms with Crippen LogP contribution < -0.4 is 14.8 Å². The van der Waals surface area contributed by atoms with Crippen LogP contribution in [0.2, 0.25) is 0 Å². The third-order valence-electron chi connectivity index (χ3n) is 3.80. The van der Waals surface area contributed by atoms with Crippen molar-refractivity contribution in [2.75, 3.05) is 14.2 Å². The Morgan fingerprint density at radius 3 is 2.74 bits per heavy atom. The first-order valence-electron chi connectivity index (χ1n) is 7.44. The van der Waals surface area contributed by atoms with Crippen molar-refractivity contribution in [1.82, 2.24) is 14.3 Å². The van der Waals surface area contributed by atoms with Crippen molar-refractivity contribution >= 4 is 16.1 Å². The number of rotatable bonds is 4. The highest BCUT2D eigenvalue weighted by atomic mass is 32.2. The van der Waals surface area contributed by atoms with Gasteiger partial charge in [-0.25, -0.2) is 0 Å². The predicted molar refractivity (Wildman–Crippen MR) is 87.2 cm³/mol. The fourth-order valence-corrected chi connectivity index (χ4v) is 3.84. The molecule has 2 atom stereocenters. The molecule has 0 spiro atoms. The van der Waals surface area contributed by atoms with Crippen molar-refractivity contribution in [3.05, 3.63) is 29.8 Å². The van der Waals surface area contributed by atoms with E-state index < -0.39 is 22.3 Å². The molecule has 0 aliphatic carbocycles. The van der Waals surface area contributed by atoms with Crippen LogP contribution in [0.1, 0.15) is 31.9 Å². The Hall–Kier alpha value is -1.64. The zero-order valence-electron chi connectivity index (χ0n) is 13.7. The van der Waals surface area contributed by atoms with E-state index in [0.717, 1.165) is 9.87 Å². The highest BCUT2D eigenvalue weighted by Gasteiger charge is 2.40. The van der Waals surface area contributed by atoms with Crippen LogP contribution in [0.3, 0.4) is 0 Å². The van der Waals surface area contributed by atoms with E-state index in [1.807, 2.05) is 19.9 Å². The van der Waals surface area contributed by atoms with Crippen molar-refractivity contribution in [2.24, 2.45) is 0 Å².